The number of morpholine rings is 1. The smallest absolute Gasteiger partial charge is 0.320 e. The summed E-state index contributed by atoms with van der Waals surface area (Å²) in [7, 11) is 0. The van der Waals surface area contributed by atoms with E-state index in [4.69, 9.17) is 9.84 Å². The number of rotatable bonds is 3. The van der Waals surface area contributed by atoms with Gasteiger partial charge in [-0.05, 0) is 19.4 Å². The minimum atomic E-state index is -0.782. The van der Waals surface area contributed by atoms with E-state index in [1.807, 2.05) is 42.2 Å². The quantitative estimate of drug-likeness (QED) is 0.889. The molecule has 0 amide bonds. The standard InChI is InChI=1S/C14H19NO3/c1-10-8-15(11(2)14(16)17)9-13(18-10)12-6-4-3-5-7-12/h3-7,10-11,13H,8-9H2,1-2H3,(H,16,17)/t10-,11+,13+/m1/s1. The molecule has 1 aromatic carbocycles. The zero-order valence-corrected chi connectivity index (χ0v) is 10.7. The van der Waals surface area contributed by atoms with Gasteiger partial charge in [-0.2, -0.15) is 0 Å². The molecule has 1 aliphatic rings. The van der Waals surface area contributed by atoms with Crippen LogP contribution in [0.2, 0.25) is 0 Å². The molecular weight excluding hydrogens is 230 g/mol. The maximum Gasteiger partial charge on any atom is 0.320 e. The van der Waals surface area contributed by atoms with E-state index >= 15 is 0 Å². The van der Waals surface area contributed by atoms with Crippen LogP contribution in [0.15, 0.2) is 30.3 Å². The molecule has 0 aliphatic carbocycles. The Balaban J connectivity index is 2.12. The molecule has 18 heavy (non-hydrogen) atoms. The fraction of sp³-hybridized carbons (Fsp3) is 0.500. The minimum absolute atomic E-state index is 0.0447. The number of hydrogen-bond acceptors (Lipinski definition) is 3. The molecule has 3 atom stereocenters. The van der Waals surface area contributed by atoms with Gasteiger partial charge < -0.3 is 9.84 Å². The van der Waals surface area contributed by atoms with Gasteiger partial charge in [0.2, 0.25) is 0 Å². The second-order valence-electron chi connectivity index (χ2n) is 4.81. The summed E-state index contributed by atoms with van der Waals surface area (Å²) in [5, 5.41) is 9.09. The highest BCUT2D eigenvalue weighted by Gasteiger charge is 2.31. The SMILES string of the molecule is C[C@@H]1CN([C@@H](C)C(=O)O)C[C@@H](c2ccccc2)O1. The van der Waals surface area contributed by atoms with Crippen LogP contribution in [0.4, 0.5) is 0 Å². The molecule has 0 unspecified atom stereocenters. The fourth-order valence-electron chi connectivity index (χ4n) is 2.31. The predicted molar refractivity (Wildman–Crippen MR) is 68.4 cm³/mol. The molecule has 4 heteroatoms. The van der Waals surface area contributed by atoms with Crippen molar-refractivity contribution in [1.82, 2.24) is 4.90 Å². The Morgan fingerprint density at radius 3 is 2.67 bits per heavy atom. The van der Waals surface area contributed by atoms with Gasteiger partial charge >= 0.3 is 5.97 Å². The third-order valence-corrected chi connectivity index (χ3v) is 3.36. The van der Waals surface area contributed by atoms with Gasteiger partial charge in [0.15, 0.2) is 0 Å². The minimum Gasteiger partial charge on any atom is -0.480 e. The predicted octanol–water partition coefficient (Wildman–Crippen LogP) is 1.92. The van der Waals surface area contributed by atoms with Gasteiger partial charge in [0.1, 0.15) is 6.04 Å². The lowest BCUT2D eigenvalue weighted by molar-refractivity contribution is -0.148. The Bertz CT molecular complexity index is 407. The van der Waals surface area contributed by atoms with Crippen LogP contribution in [0.1, 0.15) is 25.5 Å². The van der Waals surface area contributed by atoms with E-state index in [9.17, 15) is 4.79 Å². The van der Waals surface area contributed by atoms with Crippen molar-refractivity contribution in [3.05, 3.63) is 35.9 Å². The number of ether oxygens (including phenoxy) is 1. The first-order chi connectivity index (χ1) is 8.58. The fourth-order valence-corrected chi connectivity index (χ4v) is 2.31. The van der Waals surface area contributed by atoms with Crippen LogP contribution in [0, 0.1) is 0 Å². The van der Waals surface area contributed by atoms with Gasteiger partial charge in [0, 0.05) is 13.1 Å². The molecule has 0 saturated carbocycles. The van der Waals surface area contributed by atoms with Gasteiger partial charge in [0.25, 0.3) is 0 Å². The summed E-state index contributed by atoms with van der Waals surface area (Å²) in [6, 6.07) is 9.49. The number of carboxylic acids is 1. The molecule has 0 aromatic heterocycles. The average Bonchev–Trinajstić information content (AvgIpc) is 2.38. The highest BCUT2D eigenvalue weighted by atomic mass is 16.5. The van der Waals surface area contributed by atoms with Crippen molar-refractivity contribution in [3.63, 3.8) is 0 Å². The maximum absolute atomic E-state index is 11.1. The second kappa shape index (κ2) is 5.50. The van der Waals surface area contributed by atoms with Crippen LogP contribution in [0.25, 0.3) is 0 Å². The number of benzene rings is 1. The lowest BCUT2D eigenvalue weighted by atomic mass is 10.1. The van der Waals surface area contributed by atoms with Crippen molar-refractivity contribution in [2.45, 2.75) is 32.1 Å². The van der Waals surface area contributed by atoms with Gasteiger partial charge in [-0.15, -0.1) is 0 Å². The molecule has 1 aliphatic heterocycles. The van der Waals surface area contributed by atoms with Crippen LogP contribution in [-0.4, -0.2) is 41.2 Å². The lowest BCUT2D eigenvalue weighted by Crippen LogP contribution is -2.49. The Morgan fingerprint density at radius 1 is 1.39 bits per heavy atom. The Hall–Kier alpha value is -1.39. The van der Waals surface area contributed by atoms with E-state index in [1.165, 1.54) is 0 Å². The molecule has 2 rings (SSSR count). The lowest BCUT2D eigenvalue weighted by Gasteiger charge is -2.38. The summed E-state index contributed by atoms with van der Waals surface area (Å²) in [5.74, 6) is -0.782. The van der Waals surface area contributed by atoms with Crippen molar-refractivity contribution in [2.24, 2.45) is 0 Å². The van der Waals surface area contributed by atoms with Crippen LogP contribution < -0.4 is 0 Å². The number of hydrogen-bond donors (Lipinski definition) is 1. The molecule has 98 valence electrons. The molecule has 0 spiro atoms. The number of nitrogens with zero attached hydrogens (tertiary/aromatic N) is 1. The van der Waals surface area contributed by atoms with E-state index in [-0.39, 0.29) is 12.2 Å². The van der Waals surface area contributed by atoms with E-state index in [0.717, 1.165) is 5.56 Å². The van der Waals surface area contributed by atoms with Crippen LogP contribution in [0.5, 0.6) is 0 Å². The zero-order chi connectivity index (χ0) is 13.1. The summed E-state index contributed by atoms with van der Waals surface area (Å²) in [5.41, 5.74) is 1.10. The van der Waals surface area contributed by atoms with E-state index < -0.39 is 12.0 Å². The number of carboxylic acid groups (broad SMARTS) is 1. The topological polar surface area (TPSA) is 49.8 Å². The first-order valence-corrected chi connectivity index (χ1v) is 6.25. The van der Waals surface area contributed by atoms with Crippen LogP contribution in [-0.2, 0) is 9.53 Å². The van der Waals surface area contributed by atoms with Crippen LogP contribution in [0.3, 0.4) is 0 Å². The normalized spacial score (nSPS) is 26.8. The molecule has 0 bridgehead atoms. The van der Waals surface area contributed by atoms with Gasteiger partial charge in [0.05, 0.1) is 12.2 Å². The molecular formula is C14H19NO3. The van der Waals surface area contributed by atoms with Crippen LogP contribution >= 0.6 is 0 Å². The molecule has 1 aromatic rings. The second-order valence-corrected chi connectivity index (χ2v) is 4.81. The molecule has 1 fully saturated rings. The summed E-state index contributed by atoms with van der Waals surface area (Å²) in [4.78, 5) is 13.0. The van der Waals surface area contributed by atoms with Gasteiger partial charge in [-0.25, -0.2) is 0 Å². The van der Waals surface area contributed by atoms with Crippen molar-refractivity contribution in [3.8, 4) is 0 Å². The summed E-state index contributed by atoms with van der Waals surface area (Å²) in [6.45, 7) is 5.00. The molecule has 0 radical (unpaired) electrons. The molecule has 1 heterocycles. The van der Waals surface area contributed by atoms with E-state index in [1.54, 1.807) is 6.92 Å². The Morgan fingerprint density at radius 2 is 2.06 bits per heavy atom. The highest BCUT2D eigenvalue weighted by molar-refractivity contribution is 5.72. The van der Waals surface area contributed by atoms with Crippen molar-refractivity contribution in [2.75, 3.05) is 13.1 Å². The third-order valence-electron chi connectivity index (χ3n) is 3.36. The first-order valence-electron chi connectivity index (χ1n) is 6.25. The maximum atomic E-state index is 11.1. The van der Waals surface area contributed by atoms with Crippen molar-refractivity contribution >= 4 is 5.97 Å². The Labute approximate surface area is 107 Å². The van der Waals surface area contributed by atoms with Crippen molar-refractivity contribution in [1.29, 1.82) is 0 Å². The molecule has 1 N–H and O–H groups in total. The average molecular weight is 249 g/mol. The monoisotopic (exact) mass is 249 g/mol. The van der Waals surface area contributed by atoms with E-state index in [2.05, 4.69) is 0 Å². The van der Waals surface area contributed by atoms with Gasteiger partial charge in [-0.1, -0.05) is 30.3 Å². The number of aliphatic carboxylic acids is 1. The van der Waals surface area contributed by atoms with Crippen molar-refractivity contribution < 1.29 is 14.6 Å². The number of carbonyl (C=O) groups is 1. The highest BCUT2D eigenvalue weighted by Crippen LogP contribution is 2.26. The van der Waals surface area contributed by atoms with E-state index in [0.29, 0.717) is 13.1 Å². The summed E-state index contributed by atoms with van der Waals surface area (Å²) < 4.78 is 5.90. The third kappa shape index (κ3) is 2.89. The molecule has 4 nitrogen and oxygen atoms in total. The van der Waals surface area contributed by atoms with Gasteiger partial charge in [-0.3, -0.25) is 9.69 Å². The Kier molecular flexibility index (Phi) is 3.99. The molecule has 1 saturated heterocycles. The zero-order valence-electron chi connectivity index (χ0n) is 10.7. The first kappa shape index (κ1) is 13.1. The largest absolute Gasteiger partial charge is 0.480 e. The summed E-state index contributed by atoms with van der Waals surface area (Å²) in [6.07, 6.45) is 0.00232. The summed E-state index contributed by atoms with van der Waals surface area (Å²) >= 11 is 0.